The zero-order valence-corrected chi connectivity index (χ0v) is 9.41. The average molecular weight is 217 g/mol. The molecule has 15 heavy (non-hydrogen) atoms. The molecule has 1 amide bonds. The summed E-state index contributed by atoms with van der Waals surface area (Å²) in [4.78, 5) is 22.1. The molecule has 0 unspecified atom stereocenters. The van der Waals surface area contributed by atoms with Crippen LogP contribution in [-0.4, -0.2) is 34.7 Å². The van der Waals surface area contributed by atoms with Crippen LogP contribution in [0.5, 0.6) is 0 Å². The van der Waals surface area contributed by atoms with Crippen LogP contribution in [0.4, 0.5) is 0 Å². The van der Waals surface area contributed by atoms with Gasteiger partial charge in [0.1, 0.15) is 6.04 Å². The first-order valence-electron chi connectivity index (χ1n) is 4.89. The standard InChI is InChI=1S/C10H19NO4/c1-10(2,3)6-8(13)11-7(4-5-12)9(14)15/h7,12H,4-6H2,1-3H3,(H,11,13)(H,14,15)/t7-/m0/s1. The number of carboxylic acid groups (broad SMARTS) is 1. The number of hydrogen-bond donors (Lipinski definition) is 3. The highest BCUT2D eigenvalue weighted by Crippen LogP contribution is 2.17. The molecule has 0 bridgehead atoms. The highest BCUT2D eigenvalue weighted by atomic mass is 16.4. The van der Waals surface area contributed by atoms with Crippen LogP contribution in [0.1, 0.15) is 33.6 Å². The predicted molar refractivity (Wildman–Crippen MR) is 55.3 cm³/mol. The number of amides is 1. The molecule has 1 atom stereocenters. The highest BCUT2D eigenvalue weighted by Gasteiger charge is 2.22. The molecule has 0 aliphatic carbocycles. The lowest BCUT2D eigenvalue weighted by atomic mass is 9.92. The third kappa shape index (κ3) is 6.90. The van der Waals surface area contributed by atoms with E-state index in [4.69, 9.17) is 10.2 Å². The summed E-state index contributed by atoms with van der Waals surface area (Å²) in [5.74, 6) is -1.42. The Morgan fingerprint density at radius 2 is 1.87 bits per heavy atom. The lowest BCUT2D eigenvalue weighted by Crippen LogP contribution is -2.42. The van der Waals surface area contributed by atoms with Gasteiger partial charge >= 0.3 is 5.97 Å². The fourth-order valence-electron chi connectivity index (χ4n) is 1.11. The Bertz CT molecular complexity index is 232. The van der Waals surface area contributed by atoms with Crippen LogP contribution in [0.25, 0.3) is 0 Å². The highest BCUT2D eigenvalue weighted by molar-refractivity contribution is 5.83. The Balaban J connectivity index is 4.18. The fraction of sp³-hybridized carbons (Fsp3) is 0.800. The summed E-state index contributed by atoms with van der Waals surface area (Å²) in [5.41, 5.74) is -0.174. The molecule has 0 rings (SSSR count). The first-order valence-corrected chi connectivity index (χ1v) is 4.89. The van der Waals surface area contributed by atoms with Gasteiger partial charge in [0, 0.05) is 19.4 Å². The maximum atomic E-state index is 11.4. The smallest absolute Gasteiger partial charge is 0.326 e. The molecular formula is C10H19NO4. The van der Waals surface area contributed by atoms with Gasteiger partial charge in [-0.05, 0) is 5.41 Å². The van der Waals surface area contributed by atoms with E-state index in [0.717, 1.165) is 0 Å². The Labute approximate surface area is 89.5 Å². The zero-order chi connectivity index (χ0) is 12.1. The van der Waals surface area contributed by atoms with Gasteiger partial charge in [0.2, 0.25) is 5.91 Å². The molecule has 0 aliphatic heterocycles. The molecular weight excluding hydrogens is 198 g/mol. The largest absolute Gasteiger partial charge is 0.480 e. The first-order chi connectivity index (χ1) is 6.76. The monoisotopic (exact) mass is 217 g/mol. The Morgan fingerprint density at radius 3 is 2.20 bits per heavy atom. The number of hydrogen-bond acceptors (Lipinski definition) is 3. The third-order valence-electron chi connectivity index (χ3n) is 1.74. The molecule has 5 nitrogen and oxygen atoms in total. The number of aliphatic hydroxyl groups is 1. The van der Waals surface area contributed by atoms with Crippen molar-refractivity contribution < 1.29 is 19.8 Å². The minimum Gasteiger partial charge on any atom is -0.480 e. The normalized spacial score (nSPS) is 13.3. The van der Waals surface area contributed by atoms with E-state index in [9.17, 15) is 9.59 Å². The number of aliphatic hydroxyl groups excluding tert-OH is 1. The topological polar surface area (TPSA) is 86.6 Å². The molecule has 0 aromatic heterocycles. The molecule has 5 heteroatoms. The van der Waals surface area contributed by atoms with Crippen LogP contribution in [0, 0.1) is 5.41 Å². The van der Waals surface area contributed by atoms with Gasteiger partial charge in [-0.1, -0.05) is 20.8 Å². The summed E-state index contributed by atoms with van der Waals surface area (Å²) in [7, 11) is 0. The van der Waals surface area contributed by atoms with Crippen LogP contribution in [0.2, 0.25) is 0 Å². The zero-order valence-electron chi connectivity index (χ0n) is 9.41. The number of aliphatic carboxylic acids is 1. The second kappa shape index (κ2) is 5.70. The molecule has 0 aromatic carbocycles. The van der Waals surface area contributed by atoms with Crippen molar-refractivity contribution in [3.05, 3.63) is 0 Å². The van der Waals surface area contributed by atoms with Crippen LogP contribution in [-0.2, 0) is 9.59 Å². The van der Waals surface area contributed by atoms with E-state index >= 15 is 0 Å². The fourth-order valence-corrected chi connectivity index (χ4v) is 1.11. The molecule has 0 fully saturated rings. The number of rotatable bonds is 5. The van der Waals surface area contributed by atoms with Gasteiger partial charge in [-0.2, -0.15) is 0 Å². The van der Waals surface area contributed by atoms with E-state index in [0.29, 0.717) is 0 Å². The lowest BCUT2D eigenvalue weighted by Gasteiger charge is -2.19. The molecule has 0 spiro atoms. The number of nitrogens with one attached hydrogen (secondary N) is 1. The van der Waals surface area contributed by atoms with Gasteiger partial charge in [0.15, 0.2) is 0 Å². The van der Waals surface area contributed by atoms with Gasteiger partial charge in [-0.25, -0.2) is 4.79 Å². The minimum absolute atomic E-state index is 0.0330. The second-order valence-corrected chi connectivity index (χ2v) is 4.71. The van der Waals surface area contributed by atoms with E-state index in [1.165, 1.54) is 0 Å². The summed E-state index contributed by atoms with van der Waals surface area (Å²) in [6.45, 7) is 5.43. The SMILES string of the molecule is CC(C)(C)CC(=O)N[C@@H](CCO)C(=O)O. The number of carbonyl (C=O) groups is 2. The van der Waals surface area contributed by atoms with Gasteiger partial charge in [-0.3, -0.25) is 4.79 Å². The van der Waals surface area contributed by atoms with E-state index in [1.807, 2.05) is 20.8 Å². The second-order valence-electron chi connectivity index (χ2n) is 4.71. The van der Waals surface area contributed by atoms with Gasteiger partial charge in [0.25, 0.3) is 0 Å². The predicted octanol–water partition coefficient (Wildman–Crippen LogP) is 0.374. The Hall–Kier alpha value is -1.10. The van der Waals surface area contributed by atoms with Crippen LogP contribution in [0.15, 0.2) is 0 Å². The van der Waals surface area contributed by atoms with Crippen molar-refractivity contribution in [2.45, 2.75) is 39.7 Å². The maximum Gasteiger partial charge on any atom is 0.326 e. The summed E-state index contributed by atoms with van der Waals surface area (Å²) in [6, 6.07) is -0.996. The summed E-state index contributed by atoms with van der Waals surface area (Å²) < 4.78 is 0. The van der Waals surface area contributed by atoms with Crippen molar-refractivity contribution in [3.63, 3.8) is 0 Å². The van der Waals surface area contributed by atoms with Crippen LogP contribution in [0.3, 0.4) is 0 Å². The van der Waals surface area contributed by atoms with Gasteiger partial charge < -0.3 is 15.5 Å². The summed E-state index contributed by atoms with van der Waals surface area (Å²) >= 11 is 0. The van der Waals surface area contributed by atoms with Crippen molar-refractivity contribution in [2.24, 2.45) is 5.41 Å². The van der Waals surface area contributed by atoms with E-state index in [1.54, 1.807) is 0 Å². The first kappa shape index (κ1) is 13.9. The van der Waals surface area contributed by atoms with Crippen molar-refractivity contribution in [3.8, 4) is 0 Å². The molecule has 0 aromatic rings. The number of carbonyl (C=O) groups excluding carboxylic acids is 1. The van der Waals surface area contributed by atoms with E-state index < -0.39 is 12.0 Å². The van der Waals surface area contributed by atoms with Crippen LogP contribution >= 0.6 is 0 Å². The summed E-state index contributed by atoms with van der Waals surface area (Å²) in [5, 5.41) is 19.7. The van der Waals surface area contributed by atoms with Gasteiger partial charge in [0.05, 0.1) is 0 Å². The molecule has 0 saturated heterocycles. The van der Waals surface area contributed by atoms with Crippen molar-refractivity contribution >= 4 is 11.9 Å². The lowest BCUT2D eigenvalue weighted by molar-refractivity contribution is -0.142. The molecule has 3 N–H and O–H groups in total. The molecule has 0 heterocycles. The maximum absolute atomic E-state index is 11.4. The van der Waals surface area contributed by atoms with Crippen LogP contribution < -0.4 is 5.32 Å². The van der Waals surface area contributed by atoms with Crippen molar-refractivity contribution in [1.29, 1.82) is 0 Å². The molecule has 88 valence electrons. The number of carboxylic acids is 1. The van der Waals surface area contributed by atoms with E-state index in [2.05, 4.69) is 5.32 Å². The average Bonchev–Trinajstić information content (AvgIpc) is 1.99. The van der Waals surface area contributed by atoms with Gasteiger partial charge in [-0.15, -0.1) is 0 Å². The van der Waals surface area contributed by atoms with Crippen molar-refractivity contribution in [1.82, 2.24) is 5.32 Å². The summed E-state index contributed by atoms with van der Waals surface area (Å²) in [6.07, 6.45) is 0.299. The minimum atomic E-state index is -1.12. The molecule has 0 aliphatic rings. The Kier molecular flexibility index (Phi) is 5.28. The third-order valence-corrected chi connectivity index (χ3v) is 1.74. The van der Waals surface area contributed by atoms with E-state index in [-0.39, 0.29) is 30.8 Å². The Morgan fingerprint density at radius 1 is 1.33 bits per heavy atom. The molecule has 0 saturated carbocycles. The quantitative estimate of drug-likeness (QED) is 0.621. The molecule has 0 radical (unpaired) electrons. The van der Waals surface area contributed by atoms with Crippen molar-refractivity contribution in [2.75, 3.05) is 6.61 Å².